The van der Waals surface area contributed by atoms with Crippen molar-refractivity contribution in [3.8, 4) is 11.8 Å². The van der Waals surface area contributed by atoms with Crippen LogP contribution in [0.5, 0.6) is 11.8 Å². The summed E-state index contributed by atoms with van der Waals surface area (Å²) in [5.41, 5.74) is 12.0. The minimum Gasteiger partial charge on any atom is -0.478 e. The van der Waals surface area contributed by atoms with Crippen LogP contribution in [0.1, 0.15) is 30.4 Å². The SMILES string of the molecule is Cl.Cl.N/C(=N\O)c1ccc(OCCCCCOc2ccc(/C(N)=N/O)cn2)nc1. The van der Waals surface area contributed by atoms with Crippen LogP contribution in [0.25, 0.3) is 0 Å². The van der Waals surface area contributed by atoms with Crippen molar-refractivity contribution in [3.63, 3.8) is 0 Å². The van der Waals surface area contributed by atoms with Gasteiger partial charge in [-0.2, -0.15) is 0 Å². The molecule has 0 spiro atoms. The minimum absolute atomic E-state index is 0. The van der Waals surface area contributed by atoms with Gasteiger partial charge in [-0.15, -0.1) is 24.8 Å². The van der Waals surface area contributed by atoms with Crippen LogP contribution in [0.2, 0.25) is 0 Å². The Morgan fingerprint density at radius 2 is 1.17 bits per heavy atom. The van der Waals surface area contributed by atoms with Gasteiger partial charge < -0.3 is 31.4 Å². The number of nitrogens with two attached hydrogens (primary N) is 2. The molecule has 0 fully saturated rings. The largest absolute Gasteiger partial charge is 0.478 e. The van der Waals surface area contributed by atoms with Crippen LogP contribution < -0.4 is 20.9 Å². The highest BCUT2D eigenvalue weighted by atomic mass is 35.5. The molecule has 0 amide bonds. The van der Waals surface area contributed by atoms with Gasteiger partial charge in [0.2, 0.25) is 11.8 Å². The van der Waals surface area contributed by atoms with Gasteiger partial charge in [0.15, 0.2) is 11.7 Å². The monoisotopic (exact) mass is 446 g/mol. The fourth-order valence-corrected chi connectivity index (χ4v) is 2.08. The number of ether oxygens (including phenoxy) is 2. The van der Waals surface area contributed by atoms with Crippen molar-refractivity contribution in [2.45, 2.75) is 19.3 Å². The number of amidine groups is 2. The van der Waals surface area contributed by atoms with Crippen LogP contribution in [0.3, 0.4) is 0 Å². The molecule has 2 aromatic rings. The first kappa shape index (κ1) is 26.0. The molecular formula is C17H24Cl2N6O4. The highest BCUT2D eigenvalue weighted by Crippen LogP contribution is 2.10. The zero-order chi connectivity index (χ0) is 19.5. The molecule has 0 saturated heterocycles. The standard InChI is InChI=1S/C17H22N6O4.2ClH/c18-16(22-24)12-4-6-14(20-10-12)26-8-2-1-3-9-27-15-7-5-13(11-21-15)17(19)23-25;;/h4-7,10-11,24-25H,1-3,8-9H2,(H2,18,22)(H2,19,23);2*1H. The lowest BCUT2D eigenvalue weighted by Gasteiger charge is -2.07. The van der Waals surface area contributed by atoms with E-state index >= 15 is 0 Å². The first-order valence-corrected chi connectivity index (χ1v) is 8.27. The van der Waals surface area contributed by atoms with Crippen molar-refractivity contribution >= 4 is 36.5 Å². The zero-order valence-electron chi connectivity index (χ0n) is 15.5. The van der Waals surface area contributed by atoms with Crippen molar-refractivity contribution in [1.82, 2.24) is 9.97 Å². The average molecular weight is 447 g/mol. The average Bonchev–Trinajstić information content (AvgIpc) is 2.72. The number of halogens is 2. The number of nitrogens with zero attached hydrogens (tertiary/aromatic N) is 4. The van der Waals surface area contributed by atoms with Gasteiger partial charge in [0.05, 0.1) is 13.2 Å². The fourth-order valence-electron chi connectivity index (χ4n) is 2.08. The van der Waals surface area contributed by atoms with E-state index in [-0.39, 0.29) is 36.5 Å². The Kier molecular flexibility index (Phi) is 12.6. The first-order valence-electron chi connectivity index (χ1n) is 8.27. The number of unbranched alkanes of at least 4 members (excludes halogenated alkanes) is 2. The lowest BCUT2D eigenvalue weighted by atomic mass is 10.2. The Labute approximate surface area is 180 Å². The molecule has 0 aliphatic rings. The normalized spacial score (nSPS) is 11.2. The molecule has 12 heteroatoms. The van der Waals surface area contributed by atoms with Crippen molar-refractivity contribution in [2.75, 3.05) is 13.2 Å². The van der Waals surface area contributed by atoms with Crippen molar-refractivity contribution in [3.05, 3.63) is 47.8 Å². The number of aromatic nitrogens is 2. The first-order chi connectivity index (χ1) is 13.1. The summed E-state index contributed by atoms with van der Waals surface area (Å²) in [5.74, 6) is 0.970. The third kappa shape index (κ3) is 8.71. The van der Waals surface area contributed by atoms with Crippen LogP contribution in [0.4, 0.5) is 0 Å². The highest BCUT2D eigenvalue weighted by molar-refractivity contribution is 5.97. The second-order valence-corrected chi connectivity index (χ2v) is 5.50. The third-order valence-electron chi connectivity index (χ3n) is 3.57. The molecule has 2 heterocycles. The number of rotatable bonds is 10. The van der Waals surface area contributed by atoms with Gasteiger partial charge in [-0.3, -0.25) is 0 Å². The van der Waals surface area contributed by atoms with E-state index in [1.165, 1.54) is 12.4 Å². The predicted molar refractivity (Wildman–Crippen MR) is 113 cm³/mol. The molecule has 10 nitrogen and oxygen atoms in total. The number of oxime groups is 2. The van der Waals surface area contributed by atoms with Crippen LogP contribution >= 0.6 is 24.8 Å². The second kappa shape index (κ2) is 14.1. The van der Waals surface area contributed by atoms with E-state index < -0.39 is 0 Å². The number of hydrogen-bond acceptors (Lipinski definition) is 8. The van der Waals surface area contributed by atoms with E-state index in [0.29, 0.717) is 36.1 Å². The summed E-state index contributed by atoms with van der Waals surface area (Å²) in [6.07, 6.45) is 5.59. The Balaban J connectivity index is 0.00000392. The third-order valence-corrected chi connectivity index (χ3v) is 3.57. The molecule has 0 saturated carbocycles. The van der Waals surface area contributed by atoms with E-state index in [1.807, 2.05) is 0 Å². The van der Waals surface area contributed by atoms with Crippen LogP contribution in [-0.4, -0.2) is 45.3 Å². The molecule has 0 aliphatic carbocycles. The molecule has 0 radical (unpaired) electrons. The molecule has 29 heavy (non-hydrogen) atoms. The molecule has 0 unspecified atom stereocenters. The lowest BCUT2D eigenvalue weighted by Crippen LogP contribution is -2.13. The quantitative estimate of drug-likeness (QED) is 0.142. The molecule has 2 aromatic heterocycles. The van der Waals surface area contributed by atoms with E-state index in [9.17, 15) is 0 Å². The number of pyridine rings is 2. The van der Waals surface area contributed by atoms with Gasteiger partial charge in [-0.25, -0.2) is 9.97 Å². The van der Waals surface area contributed by atoms with E-state index in [4.69, 9.17) is 31.4 Å². The van der Waals surface area contributed by atoms with E-state index in [1.54, 1.807) is 24.3 Å². The van der Waals surface area contributed by atoms with Gasteiger partial charge in [0.1, 0.15) is 0 Å². The molecule has 0 atom stereocenters. The molecule has 0 aromatic carbocycles. The van der Waals surface area contributed by atoms with E-state index in [2.05, 4.69) is 20.3 Å². The maximum atomic E-state index is 8.59. The molecule has 160 valence electrons. The minimum atomic E-state index is 0. The zero-order valence-corrected chi connectivity index (χ0v) is 17.1. The molecule has 2 rings (SSSR count). The summed E-state index contributed by atoms with van der Waals surface area (Å²) in [5, 5.41) is 23.0. The maximum absolute atomic E-state index is 8.59. The van der Waals surface area contributed by atoms with Crippen LogP contribution in [0.15, 0.2) is 47.0 Å². The maximum Gasteiger partial charge on any atom is 0.213 e. The Morgan fingerprint density at radius 1 is 0.759 bits per heavy atom. The lowest BCUT2D eigenvalue weighted by molar-refractivity contribution is 0.269. The summed E-state index contributed by atoms with van der Waals surface area (Å²) in [6.45, 7) is 1.06. The predicted octanol–water partition coefficient (Wildman–Crippen LogP) is 2.14. The van der Waals surface area contributed by atoms with Gasteiger partial charge in [-0.05, 0) is 31.4 Å². The van der Waals surface area contributed by atoms with Crippen LogP contribution in [-0.2, 0) is 0 Å². The summed E-state index contributed by atoms with van der Waals surface area (Å²) in [4.78, 5) is 8.17. The summed E-state index contributed by atoms with van der Waals surface area (Å²) >= 11 is 0. The Morgan fingerprint density at radius 3 is 1.48 bits per heavy atom. The molecule has 0 bridgehead atoms. The van der Waals surface area contributed by atoms with Crippen molar-refractivity contribution in [2.24, 2.45) is 21.8 Å². The topological polar surface area (TPSA) is 161 Å². The second-order valence-electron chi connectivity index (χ2n) is 5.50. The smallest absolute Gasteiger partial charge is 0.213 e. The number of hydrogen-bond donors (Lipinski definition) is 4. The highest BCUT2D eigenvalue weighted by Gasteiger charge is 2.02. The van der Waals surface area contributed by atoms with E-state index in [0.717, 1.165) is 19.3 Å². The molecule has 0 aliphatic heterocycles. The Hall–Kier alpha value is -2.98. The summed E-state index contributed by atoms with van der Waals surface area (Å²) in [7, 11) is 0. The molecular weight excluding hydrogens is 423 g/mol. The van der Waals surface area contributed by atoms with Crippen LogP contribution in [0, 0.1) is 0 Å². The van der Waals surface area contributed by atoms with Crippen molar-refractivity contribution in [1.29, 1.82) is 0 Å². The molecule has 6 N–H and O–H groups in total. The van der Waals surface area contributed by atoms with Gasteiger partial charge in [0, 0.05) is 35.7 Å². The van der Waals surface area contributed by atoms with Gasteiger partial charge in [-0.1, -0.05) is 10.3 Å². The summed E-state index contributed by atoms with van der Waals surface area (Å²) < 4.78 is 11.1. The van der Waals surface area contributed by atoms with Gasteiger partial charge >= 0.3 is 0 Å². The summed E-state index contributed by atoms with van der Waals surface area (Å²) in [6, 6.07) is 6.67. The fraction of sp³-hybridized carbons (Fsp3) is 0.294. The van der Waals surface area contributed by atoms with Crippen molar-refractivity contribution < 1.29 is 19.9 Å². The van der Waals surface area contributed by atoms with Gasteiger partial charge in [0.25, 0.3) is 0 Å². The Bertz CT molecular complexity index is 707.